The molecule has 8 heteroatoms. The third kappa shape index (κ3) is 4.72. The van der Waals surface area contributed by atoms with Crippen LogP contribution in [0.4, 0.5) is 11.8 Å². The molecular formula is C20H32N6O2. The fourth-order valence-corrected chi connectivity index (χ4v) is 3.97. The Bertz CT molecular complexity index is 736. The molecule has 4 N–H and O–H groups in total. The van der Waals surface area contributed by atoms with Gasteiger partial charge in [0.05, 0.1) is 5.56 Å². The van der Waals surface area contributed by atoms with Crippen LogP contribution in [0.5, 0.6) is 0 Å². The van der Waals surface area contributed by atoms with Crippen LogP contribution in [0.2, 0.25) is 0 Å². The fourth-order valence-electron chi connectivity index (χ4n) is 3.97. The Morgan fingerprint density at radius 2 is 1.79 bits per heavy atom. The van der Waals surface area contributed by atoms with E-state index in [9.17, 15) is 9.59 Å². The van der Waals surface area contributed by atoms with E-state index in [-0.39, 0.29) is 23.4 Å². The van der Waals surface area contributed by atoms with Crippen LogP contribution in [0.3, 0.4) is 0 Å². The first-order valence-corrected chi connectivity index (χ1v) is 10.1. The van der Waals surface area contributed by atoms with Crippen molar-refractivity contribution >= 4 is 23.6 Å². The third-order valence-electron chi connectivity index (χ3n) is 5.94. The van der Waals surface area contributed by atoms with Crippen LogP contribution in [0.1, 0.15) is 62.7 Å². The van der Waals surface area contributed by atoms with E-state index in [4.69, 9.17) is 5.73 Å². The van der Waals surface area contributed by atoms with Crippen molar-refractivity contribution in [1.82, 2.24) is 14.9 Å². The molecule has 0 bridgehead atoms. The number of carbonyl (C=O) groups is 2. The molecule has 28 heavy (non-hydrogen) atoms. The summed E-state index contributed by atoms with van der Waals surface area (Å²) in [5.74, 6) is 1.31. The van der Waals surface area contributed by atoms with Crippen molar-refractivity contribution in [3.8, 4) is 0 Å². The molecule has 2 amide bonds. The van der Waals surface area contributed by atoms with Crippen LogP contribution in [0, 0.1) is 11.8 Å². The van der Waals surface area contributed by atoms with Gasteiger partial charge in [-0.15, -0.1) is 0 Å². The zero-order valence-corrected chi connectivity index (χ0v) is 17.3. The maximum absolute atomic E-state index is 12.1. The van der Waals surface area contributed by atoms with Crippen LogP contribution in [0.25, 0.3) is 0 Å². The summed E-state index contributed by atoms with van der Waals surface area (Å²) in [5, 5.41) is 6.77. The summed E-state index contributed by atoms with van der Waals surface area (Å²) in [6.07, 6.45) is 7.34. The molecule has 0 unspecified atom stereocenters. The molecule has 154 valence electrons. The molecule has 8 nitrogen and oxygen atoms in total. The van der Waals surface area contributed by atoms with Crippen molar-refractivity contribution in [2.75, 3.05) is 24.7 Å². The van der Waals surface area contributed by atoms with Crippen molar-refractivity contribution < 1.29 is 9.59 Å². The fraction of sp³-hybridized carbons (Fsp3) is 0.700. The first kappa shape index (κ1) is 20.4. The average Bonchev–Trinajstić information content (AvgIpc) is 3.47. The van der Waals surface area contributed by atoms with Gasteiger partial charge in [0, 0.05) is 37.8 Å². The largest absolute Gasteiger partial charge is 0.365 e. The van der Waals surface area contributed by atoms with Crippen molar-refractivity contribution in [2.45, 2.75) is 64.0 Å². The number of hydrogen-bond donors (Lipinski definition) is 3. The maximum atomic E-state index is 12.1. The lowest BCUT2D eigenvalue weighted by atomic mass is 9.85. The Labute approximate surface area is 166 Å². The average molecular weight is 389 g/mol. The monoisotopic (exact) mass is 388 g/mol. The highest BCUT2D eigenvalue weighted by Crippen LogP contribution is 2.41. The molecule has 2 fully saturated rings. The number of nitrogens with zero attached hydrogens (tertiary/aromatic N) is 3. The second-order valence-corrected chi connectivity index (χ2v) is 8.87. The van der Waals surface area contributed by atoms with Gasteiger partial charge in [0.15, 0.2) is 0 Å². The Balaban J connectivity index is 1.67. The molecule has 3 rings (SSSR count). The SMILES string of the molecule is CN(C)C(=O)[C@H]1CC[C@H](Nc2ncc(C(N)=O)c(NC(C)(C)C3CC3)n2)CC1. The van der Waals surface area contributed by atoms with Gasteiger partial charge >= 0.3 is 0 Å². The highest BCUT2D eigenvalue weighted by Gasteiger charge is 2.38. The highest BCUT2D eigenvalue weighted by atomic mass is 16.2. The molecule has 0 aromatic carbocycles. The van der Waals surface area contributed by atoms with E-state index in [1.165, 1.54) is 19.0 Å². The molecule has 0 radical (unpaired) electrons. The molecule has 1 aromatic heterocycles. The molecule has 0 atom stereocenters. The van der Waals surface area contributed by atoms with E-state index in [1.54, 1.807) is 19.0 Å². The highest BCUT2D eigenvalue weighted by molar-refractivity contribution is 5.97. The van der Waals surface area contributed by atoms with Gasteiger partial charge in [-0.2, -0.15) is 4.98 Å². The van der Waals surface area contributed by atoms with Gasteiger partial charge in [0.25, 0.3) is 5.91 Å². The van der Waals surface area contributed by atoms with Gasteiger partial charge in [-0.05, 0) is 58.3 Å². The second-order valence-electron chi connectivity index (χ2n) is 8.87. The minimum atomic E-state index is -0.539. The molecule has 2 aliphatic carbocycles. The quantitative estimate of drug-likeness (QED) is 0.660. The number of nitrogens with two attached hydrogens (primary N) is 1. The summed E-state index contributed by atoms with van der Waals surface area (Å²) in [6.45, 7) is 4.24. The third-order valence-corrected chi connectivity index (χ3v) is 5.94. The Hall–Kier alpha value is -2.38. The van der Waals surface area contributed by atoms with Gasteiger partial charge in [-0.25, -0.2) is 4.98 Å². The van der Waals surface area contributed by atoms with Gasteiger partial charge in [-0.1, -0.05) is 0 Å². The normalized spacial score (nSPS) is 22.4. The predicted molar refractivity (Wildman–Crippen MR) is 109 cm³/mol. The summed E-state index contributed by atoms with van der Waals surface area (Å²) in [6, 6.07) is 0.218. The lowest BCUT2D eigenvalue weighted by molar-refractivity contribution is -0.133. The van der Waals surface area contributed by atoms with Gasteiger partial charge in [0.2, 0.25) is 11.9 Å². The van der Waals surface area contributed by atoms with Crippen LogP contribution in [-0.4, -0.2) is 52.4 Å². The number of rotatable bonds is 7. The van der Waals surface area contributed by atoms with Crippen molar-refractivity contribution in [2.24, 2.45) is 17.6 Å². The number of hydrogen-bond acceptors (Lipinski definition) is 6. The van der Waals surface area contributed by atoms with Crippen molar-refractivity contribution in [3.63, 3.8) is 0 Å². The van der Waals surface area contributed by atoms with Gasteiger partial charge in [-0.3, -0.25) is 9.59 Å². The molecule has 0 aliphatic heterocycles. The number of nitrogens with one attached hydrogen (secondary N) is 2. The Morgan fingerprint density at radius 1 is 1.14 bits per heavy atom. The Morgan fingerprint density at radius 3 is 2.32 bits per heavy atom. The first-order valence-electron chi connectivity index (χ1n) is 10.1. The molecule has 1 aromatic rings. The summed E-state index contributed by atoms with van der Waals surface area (Å²) < 4.78 is 0. The smallest absolute Gasteiger partial charge is 0.254 e. The van der Waals surface area contributed by atoms with E-state index >= 15 is 0 Å². The number of amides is 2. The predicted octanol–water partition coefficient (Wildman–Crippen LogP) is 2.23. The summed E-state index contributed by atoms with van der Waals surface area (Å²) in [4.78, 5) is 34.4. The van der Waals surface area contributed by atoms with Gasteiger partial charge < -0.3 is 21.3 Å². The number of anilines is 2. The van der Waals surface area contributed by atoms with Crippen LogP contribution >= 0.6 is 0 Å². The maximum Gasteiger partial charge on any atom is 0.254 e. The zero-order valence-electron chi connectivity index (χ0n) is 17.3. The second kappa shape index (κ2) is 7.93. The lowest BCUT2D eigenvalue weighted by Crippen LogP contribution is -2.36. The van der Waals surface area contributed by atoms with E-state index < -0.39 is 5.91 Å². The van der Waals surface area contributed by atoms with Crippen LogP contribution in [0.15, 0.2) is 6.20 Å². The van der Waals surface area contributed by atoms with E-state index in [1.807, 2.05) is 0 Å². The van der Waals surface area contributed by atoms with E-state index in [2.05, 4.69) is 34.4 Å². The molecule has 2 saturated carbocycles. The van der Waals surface area contributed by atoms with Crippen LogP contribution in [-0.2, 0) is 4.79 Å². The molecular weight excluding hydrogens is 356 g/mol. The topological polar surface area (TPSA) is 113 Å². The molecule has 0 spiro atoms. The number of primary amides is 1. The first-order chi connectivity index (χ1) is 13.2. The van der Waals surface area contributed by atoms with Crippen molar-refractivity contribution in [3.05, 3.63) is 11.8 Å². The van der Waals surface area contributed by atoms with E-state index in [0.29, 0.717) is 23.2 Å². The van der Waals surface area contributed by atoms with Gasteiger partial charge in [0.1, 0.15) is 5.82 Å². The van der Waals surface area contributed by atoms with Crippen molar-refractivity contribution in [1.29, 1.82) is 0 Å². The Kier molecular flexibility index (Phi) is 5.76. The zero-order chi connectivity index (χ0) is 20.5. The molecule has 1 heterocycles. The summed E-state index contributed by atoms with van der Waals surface area (Å²) >= 11 is 0. The summed E-state index contributed by atoms with van der Waals surface area (Å²) in [7, 11) is 3.61. The summed E-state index contributed by atoms with van der Waals surface area (Å²) in [5.41, 5.74) is 5.67. The minimum Gasteiger partial charge on any atom is -0.365 e. The minimum absolute atomic E-state index is 0.0998. The molecule has 0 saturated heterocycles. The lowest BCUT2D eigenvalue weighted by Gasteiger charge is -2.30. The number of aromatic nitrogens is 2. The standard InChI is InChI=1S/C20H32N6O2/c1-20(2,13-7-8-13)25-17-15(16(21)27)11-22-19(24-17)23-14-9-5-12(6-10-14)18(28)26(3)4/h11-14H,5-10H2,1-4H3,(H2,21,27)(H2,22,23,24,25)/t12-,14-. The van der Waals surface area contributed by atoms with Crippen LogP contribution < -0.4 is 16.4 Å². The molecule has 2 aliphatic rings. The number of carbonyl (C=O) groups excluding carboxylic acids is 2. The van der Waals surface area contributed by atoms with E-state index in [0.717, 1.165) is 25.7 Å².